The Morgan fingerprint density at radius 1 is 1.03 bits per heavy atom. The standard InChI is InChI=1S/C22H24ClN3O4S/c1-15-4-3-5-17(12-15)24-8-10-25(11-9-24)22(28)19-13-18(6-7-20(19)23)26-21(27)16(2)14-31(26,29)30/h3-7,12-13,16H,8-11,14H2,1-2H3. The van der Waals surface area contributed by atoms with Crippen molar-refractivity contribution in [2.24, 2.45) is 5.92 Å². The van der Waals surface area contributed by atoms with Gasteiger partial charge in [-0.2, -0.15) is 0 Å². The predicted molar refractivity (Wildman–Crippen MR) is 121 cm³/mol. The third kappa shape index (κ3) is 4.14. The van der Waals surface area contributed by atoms with Crippen LogP contribution < -0.4 is 9.21 Å². The fourth-order valence-corrected chi connectivity index (χ4v) is 6.06. The highest BCUT2D eigenvalue weighted by atomic mass is 35.5. The number of aryl methyl sites for hydroxylation is 1. The van der Waals surface area contributed by atoms with Gasteiger partial charge in [-0.05, 0) is 42.8 Å². The molecule has 9 heteroatoms. The van der Waals surface area contributed by atoms with E-state index >= 15 is 0 Å². The first-order valence-corrected chi connectivity index (χ1v) is 12.1. The quantitative estimate of drug-likeness (QED) is 0.702. The smallest absolute Gasteiger partial charge is 0.255 e. The van der Waals surface area contributed by atoms with Crippen LogP contribution in [-0.4, -0.2) is 57.1 Å². The van der Waals surface area contributed by atoms with Crippen molar-refractivity contribution in [3.8, 4) is 0 Å². The van der Waals surface area contributed by atoms with Crippen LogP contribution in [-0.2, 0) is 14.8 Å². The second kappa shape index (κ2) is 8.16. The zero-order valence-electron chi connectivity index (χ0n) is 17.4. The van der Waals surface area contributed by atoms with Gasteiger partial charge in [-0.1, -0.05) is 30.7 Å². The normalized spacial score (nSPS) is 20.9. The molecule has 0 radical (unpaired) electrons. The van der Waals surface area contributed by atoms with Crippen molar-refractivity contribution in [2.45, 2.75) is 13.8 Å². The maximum atomic E-state index is 13.2. The van der Waals surface area contributed by atoms with Crippen LogP contribution in [0.25, 0.3) is 0 Å². The van der Waals surface area contributed by atoms with Gasteiger partial charge in [-0.25, -0.2) is 12.7 Å². The van der Waals surface area contributed by atoms with Gasteiger partial charge in [-0.15, -0.1) is 0 Å². The number of sulfonamides is 1. The zero-order valence-corrected chi connectivity index (χ0v) is 19.0. The van der Waals surface area contributed by atoms with Gasteiger partial charge < -0.3 is 9.80 Å². The minimum atomic E-state index is -3.75. The van der Waals surface area contributed by atoms with E-state index in [0.29, 0.717) is 26.2 Å². The van der Waals surface area contributed by atoms with Crippen LogP contribution in [0.15, 0.2) is 42.5 Å². The van der Waals surface area contributed by atoms with Crippen LogP contribution in [0.5, 0.6) is 0 Å². The molecule has 1 unspecified atom stereocenters. The van der Waals surface area contributed by atoms with E-state index < -0.39 is 21.8 Å². The van der Waals surface area contributed by atoms with Gasteiger partial charge in [0.25, 0.3) is 5.91 Å². The first-order valence-electron chi connectivity index (χ1n) is 10.1. The number of nitrogens with zero attached hydrogens (tertiary/aromatic N) is 3. The molecule has 0 aromatic heterocycles. The van der Waals surface area contributed by atoms with E-state index in [-0.39, 0.29) is 27.9 Å². The summed E-state index contributed by atoms with van der Waals surface area (Å²) in [6.45, 7) is 6.03. The molecule has 2 heterocycles. The highest BCUT2D eigenvalue weighted by Gasteiger charge is 2.42. The van der Waals surface area contributed by atoms with Crippen LogP contribution in [0.3, 0.4) is 0 Å². The SMILES string of the molecule is Cc1cccc(N2CCN(C(=O)c3cc(N4C(=O)C(C)CS4(=O)=O)ccc3Cl)CC2)c1. The average Bonchev–Trinajstić information content (AvgIpc) is 2.95. The molecule has 1 atom stereocenters. The molecule has 164 valence electrons. The summed E-state index contributed by atoms with van der Waals surface area (Å²) in [5, 5.41) is 0.229. The molecule has 0 N–H and O–H groups in total. The van der Waals surface area contributed by atoms with Crippen LogP contribution in [0.4, 0.5) is 11.4 Å². The van der Waals surface area contributed by atoms with Crippen molar-refractivity contribution < 1.29 is 18.0 Å². The van der Waals surface area contributed by atoms with Crippen LogP contribution in [0.1, 0.15) is 22.8 Å². The number of piperazine rings is 1. The Hall–Kier alpha value is -2.58. The second-order valence-electron chi connectivity index (χ2n) is 8.06. The molecule has 2 amide bonds. The second-order valence-corrected chi connectivity index (χ2v) is 10.3. The number of rotatable bonds is 3. The number of anilines is 2. The molecular formula is C22H24ClN3O4S. The van der Waals surface area contributed by atoms with E-state index in [1.54, 1.807) is 11.8 Å². The first kappa shape index (κ1) is 21.6. The number of hydrogen-bond acceptors (Lipinski definition) is 5. The van der Waals surface area contributed by atoms with Crippen molar-refractivity contribution in [2.75, 3.05) is 41.1 Å². The number of hydrogen-bond donors (Lipinski definition) is 0. The molecule has 4 rings (SSSR count). The summed E-state index contributed by atoms with van der Waals surface area (Å²) in [6, 6.07) is 12.6. The van der Waals surface area contributed by atoms with Crippen LogP contribution in [0.2, 0.25) is 5.02 Å². The van der Waals surface area contributed by atoms with Gasteiger partial charge in [0.15, 0.2) is 0 Å². The largest absolute Gasteiger partial charge is 0.368 e. The summed E-state index contributed by atoms with van der Waals surface area (Å²) in [7, 11) is -3.75. The number of halogens is 1. The van der Waals surface area contributed by atoms with Gasteiger partial charge in [0, 0.05) is 31.9 Å². The molecule has 7 nitrogen and oxygen atoms in total. The summed E-state index contributed by atoms with van der Waals surface area (Å²) < 4.78 is 25.6. The van der Waals surface area contributed by atoms with Crippen LogP contribution in [0, 0.1) is 12.8 Å². The molecule has 0 bridgehead atoms. The molecule has 2 aromatic rings. The molecule has 0 saturated carbocycles. The molecule has 0 spiro atoms. The molecule has 2 aliphatic heterocycles. The molecule has 2 aromatic carbocycles. The Kier molecular flexibility index (Phi) is 5.70. The van der Waals surface area contributed by atoms with E-state index in [2.05, 4.69) is 17.0 Å². The highest BCUT2D eigenvalue weighted by Crippen LogP contribution is 2.32. The van der Waals surface area contributed by atoms with E-state index in [1.807, 2.05) is 19.1 Å². The number of carbonyl (C=O) groups is 2. The zero-order chi connectivity index (χ0) is 22.3. The van der Waals surface area contributed by atoms with Crippen molar-refractivity contribution in [1.82, 2.24) is 4.90 Å². The minimum Gasteiger partial charge on any atom is -0.368 e. The Morgan fingerprint density at radius 3 is 2.35 bits per heavy atom. The van der Waals surface area contributed by atoms with Crippen molar-refractivity contribution in [3.63, 3.8) is 0 Å². The fraction of sp³-hybridized carbons (Fsp3) is 0.364. The van der Waals surface area contributed by atoms with Gasteiger partial charge in [0.1, 0.15) is 0 Å². The average molecular weight is 462 g/mol. The topological polar surface area (TPSA) is 78.0 Å². The summed E-state index contributed by atoms with van der Waals surface area (Å²) in [4.78, 5) is 29.5. The van der Waals surface area contributed by atoms with Gasteiger partial charge in [0.05, 0.1) is 27.9 Å². The summed E-state index contributed by atoms with van der Waals surface area (Å²) in [6.07, 6.45) is 0. The predicted octanol–water partition coefficient (Wildman–Crippen LogP) is 2.92. The molecule has 31 heavy (non-hydrogen) atoms. The van der Waals surface area contributed by atoms with E-state index in [0.717, 1.165) is 9.99 Å². The number of carbonyl (C=O) groups excluding carboxylic acids is 2. The monoisotopic (exact) mass is 461 g/mol. The van der Waals surface area contributed by atoms with Gasteiger partial charge >= 0.3 is 0 Å². The molecular weight excluding hydrogens is 438 g/mol. The Labute approximate surface area is 187 Å². The van der Waals surface area contributed by atoms with Crippen molar-refractivity contribution in [1.29, 1.82) is 0 Å². The van der Waals surface area contributed by atoms with Crippen LogP contribution >= 0.6 is 11.6 Å². The van der Waals surface area contributed by atoms with Gasteiger partial charge in [-0.3, -0.25) is 9.59 Å². The van der Waals surface area contributed by atoms with Crippen molar-refractivity contribution >= 4 is 44.8 Å². The first-order chi connectivity index (χ1) is 14.7. The lowest BCUT2D eigenvalue weighted by molar-refractivity contribution is -0.119. The maximum absolute atomic E-state index is 13.2. The van der Waals surface area contributed by atoms with E-state index in [9.17, 15) is 18.0 Å². The lowest BCUT2D eigenvalue weighted by atomic mass is 10.1. The molecule has 2 aliphatic rings. The third-order valence-electron chi connectivity index (χ3n) is 5.71. The lowest BCUT2D eigenvalue weighted by Gasteiger charge is -2.36. The van der Waals surface area contributed by atoms with E-state index in [1.165, 1.54) is 23.8 Å². The molecule has 0 aliphatic carbocycles. The third-order valence-corrected chi connectivity index (χ3v) is 7.91. The lowest BCUT2D eigenvalue weighted by Crippen LogP contribution is -2.48. The number of amides is 2. The Bertz CT molecular complexity index is 1140. The van der Waals surface area contributed by atoms with E-state index in [4.69, 9.17) is 11.6 Å². The van der Waals surface area contributed by atoms with Gasteiger partial charge in [0.2, 0.25) is 15.9 Å². The Morgan fingerprint density at radius 2 is 1.74 bits per heavy atom. The summed E-state index contributed by atoms with van der Waals surface area (Å²) in [5.74, 6) is -1.62. The highest BCUT2D eigenvalue weighted by molar-refractivity contribution is 7.94. The summed E-state index contributed by atoms with van der Waals surface area (Å²) in [5.41, 5.74) is 2.66. The summed E-state index contributed by atoms with van der Waals surface area (Å²) >= 11 is 6.28. The van der Waals surface area contributed by atoms with Crippen molar-refractivity contribution in [3.05, 3.63) is 58.6 Å². The Balaban J connectivity index is 1.53. The minimum absolute atomic E-state index is 0.153. The number of benzene rings is 2. The molecule has 2 saturated heterocycles. The maximum Gasteiger partial charge on any atom is 0.255 e. The fourth-order valence-electron chi connectivity index (χ4n) is 4.05. The molecule has 2 fully saturated rings.